The fourth-order valence-electron chi connectivity index (χ4n) is 3.10. The van der Waals surface area contributed by atoms with Crippen LogP contribution in [0, 0.1) is 0 Å². The number of methoxy groups -OCH3 is 4. The Morgan fingerprint density at radius 2 is 1.36 bits per heavy atom. The number of amides is 1. The molecule has 8 nitrogen and oxygen atoms in total. The molecule has 1 N–H and O–H groups in total. The fraction of sp³-hybridized carbons (Fsp3) is 0.174. The highest BCUT2D eigenvalue weighted by Crippen LogP contribution is 2.35. The quantitative estimate of drug-likeness (QED) is 0.367. The summed E-state index contributed by atoms with van der Waals surface area (Å²) in [5.41, 5.74) is 2.73. The zero-order valence-corrected chi connectivity index (χ0v) is 20.0. The van der Waals surface area contributed by atoms with Crippen LogP contribution in [0.4, 0.5) is 5.13 Å². The molecule has 0 saturated heterocycles. The molecule has 0 aliphatic carbocycles. The van der Waals surface area contributed by atoms with E-state index in [4.69, 9.17) is 18.9 Å². The first-order valence-electron chi connectivity index (χ1n) is 9.73. The maximum Gasteiger partial charge on any atom is 0.276 e. The number of nitrogens with zero attached hydrogens (tertiary/aromatic N) is 2. The zero-order valence-electron chi connectivity index (χ0n) is 18.4. The van der Waals surface area contributed by atoms with Gasteiger partial charge in [-0.05, 0) is 36.4 Å². The number of aromatic nitrogens is 2. The lowest BCUT2D eigenvalue weighted by atomic mass is 10.1. The number of thiazole rings is 2. The van der Waals surface area contributed by atoms with Gasteiger partial charge in [0.1, 0.15) is 10.7 Å². The van der Waals surface area contributed by atoms with E-state index >= 15 is 0 Å². The van der Waals surface area contributed by atoms with E-state index in [1.165, 1.54) is 22.7 Å². The number of hydrogen-bond acceptors (Lipinski definition) is 9. The number of anilines is 1. The van der Waals surface area contributed by atoms with Gasteiger partial charge < -0.3 is 18.9 Å². The van der Waals surface area contributed by atoms with Crippen LogP contribution in [0.15, 0.2) is 47.2 Å². The van der Waals surface area contributed by atoms with Gasteiger partial charge in [-0.3, -0.25) is 10.1 Å². The number of carbonyl (C=O) groups is 1. The van der Waals surface area contributed by atoms with E-state index in [1.807, 2.05) is 35.7 Å². The first-order valence-corrected chi connectivity index (χ1v) is 11.5. The van der Waals surface area contributed by atoms with Crippen molar-refractivity contribution in [2.75, 3.05) is 33.8 Å². The second kappa shape index (κ2) is 9.88. The highest BCUT2D eigenvalue weighted by molar-refractivity contribution is 7.14. The lowest BCUT2D eigenvalue weighted by Crippen LogP contribution is -2.12. The average molecular weight is 484 g/mol. The second-order valence-corrected chi connectivity index (χ2v) is 8.39. The summed E-state index contributed by atoms with van der Waals surface area (Å²) in [7, 11) is 6.33. The van der Waals surface area contributed by atoms with Crippen LogP contribution in [0.2, 0.25) is 0 Å². The molecule has 33 heavy (non-hydrogen) atoms. The van der Waals surface area contributed by atoms with Gasteiger partial charge in [0, 0.05) is 21.9 Å². The molecule has 2 aromatic carbocycles. The minimum Gasteiger partial charge on any atom is -0.493 e. The summed E-state index contributed by atoms with van der Waals surface area (Å²) in [6.45, 7) is 0. The van der Waals surface area contributed by atoms with Crippen molar-refractivity contribution in [3.63, 3.8) is 0 Å². The summed E-state index contributed by atoms with van der Waals surface area (Å²) in [6.07, 6.45) is 0. The van der Waals surface area contributed by atoms with Crippen molar-refractivity contribution in [3.05, 3.63) is 52.9 Å². The van der Waals surface area contributed by atoms with Crippen molar-refractivity contribution in [1.82, 2.24) is 9.97 Å². The first kappa shape index (κ1) is 22.6. The molecular weight excluding hydrogens is 462 g/mol. The second-order valence-electron chi connectivity index (χ2n) is 6.67. The van der Waals surface area contributed by atoms with Crippen molar-refractivity contribution in [3.8, 4) is 44.8 Å². The minimum atomic E-state index is -0.328. The predicted molar refractivity (Wildman–Crippen MR) is 129 cm³/mol. The van der Waals surface area contributed by atoms with Gasteiger partial charge in [0.25, 0.3) is 5.91 Å². The molecule has 0 saturated carbocycles. The van der Waals surface area contributed by atoms with Crippen LogP contribution in [0.1, 0.15) is 10.5 Å². The maximum atomic E-state index is 12.7. The molecular formula is C23H21N3O5S2. The third kappa shape index (κ3) is 4.76. The van der Waals surface area contributed by atoms with E-state index in [9.17, 15) is 4.79 Å². The lowest BCUT2D eigenvalue weighted by molar-refractivity contribution is 0.102. The van der Waals surface area contributed by atoms with E-state index in [2.05, 4.69) is 15.3 Å². The molecule has 4 rings (SSSR count). The molecule has 0 unspecified atom stereocenters. The molecule has 0 fully saturated rings. The topological polar surface area (TPSA) is 91.8 Å². The third-order valence-corrected chi connectivity index (χ3v) is 6.42. The summed E-state index contributed by atoms with van der Waals surface area (Å²) in [5.74, 6) is 2.15. The van der Waals surface area contributed by atoms with Gasteiger partial charge in [0.05, 0.1) is 34.1 Å². The Morgan fingerprint density at radius 1 is 0.758 bits per heavy atom. The number of hydrogen-bond donors (Lipinski definition) is 1. The zero-order chi connectivity index (χ0) is 23.4. The largest absolute Gasteiger partial charge is 0.493 e. The molecule has 4 aromatic rings. The highest BCUT2D eigenvalue weighted by atomic mass is 32.1. The molecule has 0 spiro atoms. The molecule has 0 aliphatic rings. The normalized spacial score (nSPS) is 10.5. The van der Waals surface area contributed by atoms with Crippen molar-refractivity contribution >= 4 is 33.7 Å². The van der Waals surface area contributed by atoms with Gasteiger partial charge >= 0.3 is 0 Å². The molecule has 0 bridgehead atoms. The van der Waals surface area contributed by atoms with Crippen molar-refractivity contribution < 1.29 is 23.7 Å². The Morgan fingerprint density at radius 3 is 2.00 bits per heavy atom. The molecule has 2 heterocycles. The summed E-state index contributed by atoms with van der Waals surface area (Å²) in [4.78, 5) is 21.7. The molecule has 1 amide bonds. The molecule has 0 radical (unpaired) electrons. The van der Waals surface area contributed by atoms with Crippen molar-refractivity contribution in [2.45, 2.75) is 0 Å². The van der Waals surface area contributed by atoms with E-state index in [0.29, 0.717) is 38.8 Å². The van der Waals surface area contributed by atoms with Gasteiger partial charge in [-0.1, -0.05) is 0 Å². The van der Waals surface area contributed by atoms with Gasteiger partial charge in [-0.25, -0.2) is 9.97 Å². The molecule has 0 aliphatic heterocycles. The van der Waals surface area contributed by atoms with Gasteiger partial charge in [-0.2, -0.15) is 0 Å². The van der Waals surface area contributed by atoms with Gasteiger partial charge in [0.2, 0.25) is 0 Å². The van der Waals surface area contributed by atoms with Crippen LogP contribution < -0.4 is 24.3 Å². The summed E-state index contributed by atoms with van der Waals surface area (Å²) >= 11 is 2.71. The molecule has 2 aromatic heterocycles. The Labute approximate surface area is 198 Å². The van der Waals surface area contributed by atoms with Gasteiger partial charge in [0.15, 0.2) is 28.1 Å². The first-order chi connectivity index (χ1) is 16.1. The smallest absolute Gasteiger partial charge is 0.276 e. The van der Waals surface area contributed by atoms with Crippen LogP contribution in [-0.2, 0) is 0 Å². The highest BCUT2D eigenvalue weighted by Gasteiger charge is 2.16. The molecule has 0 atom stereocenters. The SMILES string of the molecule is COc1ccc(-c2csc(NC(=O)c3csc(-c4ccc(OC)c(OC)c4)n3)n2)cc1OC. The molecule has 170 valence electrons. The van der Waals surface area contributed by atoms with E-state index in [0.717, 1.165) is 16.8 Å². The van der Waals surface area contributed by atoms with Crippen molar-refractivity contribution in [2.24, 2.45) is 0 Å². The van der Waals surface area contributed by atoms with E-state index in [-0.39, 0.29) is 5.91 Å². The third-order valence-electron chi connectivity index (χ3n) is 4.77. The van der Waals surface area contributed by atoms with E-state index < -0.39 is 0 Å². The van der Waals surface area contributed by atoms with Crippen molar-refractivity contribution in [1.29, 1.82) is 0 Å². The summed E-state index contributed by atoms with van der Waals surface area (Å²) in [5, 5.41) is 7.58. The standard InChI is InChI=1S/C23H21N3O5S2/c1-28-17-7-5-13(9-19(17)30-3)15-11-33-23(25-15)26-21(27)16-12-32-22(24-16)14-6-8-18(29-2)20(10-14)31-4/h5-12H,1-4H3,(H,25,26,27). The number of nitrogens with one attached hydrogen (secondary N) is 1. The van der Waals surface area contributed by atoms with Crippen LogP contribution in [0.5, 0.6) is 23.0 Å². The van der Waals surface area contributed by atoms with Crippen LogP contribution in [0.3, 0.4) is 0 Å². The average Bonchev–Trinajstić information content (AvgIpc) is 3.53. The Balaban J connectivity index is 1.49. The number of ether oxygens (including phenoxy) is 4. The lowest BCUT2D eigenvalue weighted by Gasteiger charge is -2.08. The van der Waals surface area contributed by atoms with Crippen LogP contribution in [-0.4, -0.2) is 44.3 Å². The number of benzene rings is 2. The van der Waals surface area contributed by atoms with E-state index in [1.54, 1.807) is 39.9 Å². The molecule has 10 heteroatoms. The fourth-order valence-corrected chi connectivity index (χ4v) is 4.61. The maximum absolute atomic E-state index is 12.7. The summed E-state index contributed by atoms with van der Waals surface area (Å²) < 4.78 is 21.2. The summed E-state index contributed by atoms with van der Waals surface area (Å²) in [6, 6.07) is 11.1. The van der Waals surface area contributed by atoms with Gasteiger partial charge in [-0.15, -0.1) is 22.7 Å². The minimum absolute atomic E-state index is 0.313. The Kier molecular flexibility index (Phi) is 6.76. The van der Waals surface area contributed by atoms with Crippen LogP contribution >= 0.6 is 22.7 Å². The Hall–Kier alpha value is -3.63. The van der Waals surface area contributed by atoms with Crippen LogP contribution in [0.25, 0.3) is 21.8 Å². The number of carbonyl (C=O) groups excluding carboxylic acids is 1. The predicted octanol–water partition coefficient (Wildman–Crippen LogP) is 5.22. The number of rotatable bonds is 8. The monoisotopic (exact) mass is 483 g/mol. The Bertz CT molecular complexity index is 1280.